The van der Waals surface area contributed by atoms with E-state index in [2.05, 4.69) is 35.3 Å². The predicted molar refractivity (Wildman–Crippen MR) is 105 cm³/mol. The zero-order valence-corrected chi connectivity index (χ0v) is 15.3. The van der Waals surface area contributed by atoms with Crippen molar-refractivity contribution in [3.05, 3.63) is 64.7 Å². The summed E-state index contributed by atoms with van der Waals surface area (Å²) in [7, 11) is 0. The zero-order chi connectivity index (χ0) is 17.6. The number of aromatic carboxylic acids is 1. The van der Waals surface area contributed by atoms with Gasteiger partial charge in [0.1, 0.15) is 0 Å². The molecule has 1 fully saturated rings. The van der Waals surface area contributed by atoms with Crippen LogP contribution < -0.4 is 5.32 Å². The number of nitrogens with zero attached hydrogens (tertiary/aromatic N) is 1. The van der Waals surface area contributed by atoms with Gasteiger partial charge in [-0.3, -0.25) is 4.90 Å². The molecule has 0 spiro atoms. The number of aryl methyl sites for hydroxylation is 1. The van der Waals surface area contributed by atoms with Gasteiger partial charge in [0, 0.05) is 43.4 Å². The molecule has 132 valence electrons. The molecule has 0 aliphatic carbocycles. The number of hydrogen-bond donors (Lipinski definition) is 2. The lowest BCUT2D eigenvalue weighted by Gasteiger charge is -2.26. The molecular formula is C20H24N2O2S. The Labute approximate surface area is 153 Å². The van der Waals surface area contributed by atoms with Crippen molar-refractivity contribution in [3.8, 4) is 0 Å². The lowest BCUT2D eigenvalue weighted by molar-refractivity contribution is 0.0697. The van der Waals surface area contributed by atoms with E-state index in [1.165, 1.54) is 22.6 Å². The first-order valence-corrected chi connectivity index (χ1v) is 9.73. The van der Waals surface area contributed by atoms with Crippen LogP contribution in [0.5, 0.6) is 0 Å². The summed E-state index contributed by atoms with van der Waals surface area (Å²) in [5, 5.41) is 12.6. The van der Waals surface area contributed by atoms with E-state index in [0.717, 1.165) is 30.9 Å². The Morgan fingerprint density at radius 3 is 2.72 bits per heavy atom. The first-order chi connectivity index (χ1) is 12.1. The highest BCUT2D eigenvalue weighted by Gasteiger charge is 2.11. The molecule has 1 aliphatic heterocycles. The summed E-state index contributed by atoms with van der Waals surface area (Å²) in [5.41, 5.74) is 4.93. The quantitative estimate of drug-likeness (QED) is 0.823. The summed E-state index contributed by atoms with van der Waals surface area (Å²) in [6, 6.07) is 13.7. The average Bonchev–Trinajstić information content (AvgIpc) is 2.63. The number of carboxylic acids is 1. The van der Waals surface area contributed by atoms with Crippen LogP contribution in [0.3, 0.4) is 0 Å². The third kappa shape index (κ3) is 5.00. The molecule has 1 saturated heterocycles. The van der Waals surface area contributed by atoms with Crippen LogP contribution in [0.1, 0.15) is 27.0 Å². The van der Waals surface area contributed by atoms with E-state index in [0.29, 0.717) is 12.1 Å². The molecule has 0 saturated carbocycles. The van der Waals surface area contributed by atoms with Crippen LogP contribution in [0.2, 0.25) is 0 Å². The Bertz CT molecular complexity index is 742. The van der Waals surface area contributed by atoms with Gasteiger partial charge in [0.05, 0.1) is 5.56 Å². The predicted octanol–water partition coefficient (Wildman–Crippen LogP) is 3.85. The van der Waals surface area contributed by atoms with Crippen molar-refractivity contribution < 1.29 is 9.90 Å². The van der Waals surface area contributed by atoms with Gasteiger partial charge in [-0.15, -0.1) is 0 Å². The van der Waals surface area contributed by atoms with Gasteiger partial charge < -0.3 is 10.4 Å². The molecule has 25 heavy (non-hydrogen) atoms. The first-order valence-electron chi connectivity index (χ1n) is 8.57. The Balaban J connectivity index is 1.66. The third-order valence-electron chi connectivity index (χ3n) is 4.47. The SMILES string of the molecule is Cc1ccc(CN2CCSCC2)cc1NCc1cccc(C(=O)O)c1. The van der Waals surface area contributed by atoms with Crippen molar-refractivity contribution in [1.82, 2.24) is 4.90 Å². The third-order valence-corrected chi connectivity index (χ3v) is 5.41. The van der Waals surface area contributed by atoms with Gasteiger partial charge in [-0.05, 0) is 41.8 Å². The van der Waals surface area contributed by atoms with E-state index >= 15 is 0 Å². The number of rotatable bonds is 6. The van der Waals surface area contributed by atoms with Gasteiger partial charge in [-0.25, -0.2) is 4.79 Å². The average molecular weight is 356 g/mol. The molecule has 2 aromatic carbocycles. The molecular weight excluding hydrogens is 332 g/mol. The number of thioether (sulfide) groups is 1. The Kier molecular flexibility index (Phi) is 6.00. The van der Waals surface area contributed by atoms with Gasteiger partial charge in [0.25, 0.3) is 0 Å². The van der Waals surface area contributed by atoms with Crippen molar-refractivity contribution in [2.24, 2.45) is 0 Å². The fourth-order valence-electron chi connectivity index (χ4n) is 2.99. The maximum Gasteiger partial charge on any atom is 0.335 e. The standard InChI is InChI=1S/C20H24N2O2S/c1-15-5-6-17(14-22-7-9-25-10-8-22)12-19(15)21-13-16-3-2-4-18(11-16)20(23)24/h2-6,11-12,21H,7-10,13-14H2,1H3,(H,23,24). The summed E-state index contributed by atoms with van der Waals surface area (Å²) in [6.45, 7) is 6.01. The maximum atomic E-state index is 11.1. The van der Waals surface area contributed by atoms with Crippen LogP contribution in [0, 0.1) is 6.92 Å². The summed E-state index contributed by atoms with van der Waals surface area (Å²) in [5.74, 6) is 1.55. The van der Waals surface area contributed by atoms with Crippen LogP contribution in [-0.2, 0) is 13.1 Å². The van der Waals surface area contributed by atoms with Crippen LogP contribution >= 0.6 is 11.8 Å². The van der Waals surface area contributed by atoms with E-state index in [1.807, 2.05) is 17.8 Å². The molecule has 2 aromatic rings. The Morgan fingerprint density at radius 2 is 1.96 bits per heavy atom. The summed E-state index contributed by atoms with van der Waals surface area (Å²) < 4.78 is 0. The molecule has 3 rings (SSSR count). The molecule has 1 heterocycles. The molecule has 0 unspecified atom stereocenters. The fraction of sp³-hybridized carbons (Fsp3) is 0.350. The number of anilines is 1. The molecule has 2 N–H and O–H groups in total. The van der Waals surface area contributed by atoms with Crippen LogP contribution in [-0.4, -0.2) is 40.6 Å². The smallest absolute Gasteiger partial charge is 0.335 e. The second-order valence-corrected chi connectivity index (χ2v) is 7.62. The molecule has 0 aromatic heterocycles. The minimum absolute atomic E-state index is 0.327. The lowest BCUT2D eigenvalue weighted by Crippen LogP contribution is -2.31. The molecule has 5 heteroatoms. The first kappa shape index (κ1) is 17.8. The van der Waals surface area contributed by atoms with E-state index in [-0.39, 0.29) is 0 Å². The Morgan fingerprint density at radius 1 is 1.16 bits per heavy atom. The van der Waals surface area contributed by atoms with E-state index < -0.39 is 5.97 Å². The number of hydrogen-bond acceptors (Lipinski definition) is 4. The van der Waals surface area contributed by atoms with E-state index in [9.17, 15) is 4.79 Å². The highest BCUT2D eigenvalue weighted by molar-refractivity contribution is 7.99. The second-order valence-electron chi connectivity index (χ2n) is 6.40. The van der Waals surface area contributed by atoms with Crippen molar-refractivity contribution in [2.45, 2.75) is 20.0 Å². The topological polar surface area (TPSA) is 52.6 Å². The number of nitrogens with one attached hydrogen (secondary N) is 1. The van der Waals surface area contributed by atoms with Crippen molar-refractivity contribution in [1.29, 1.82) is 0 Å². The fourth-order valence-corrected chi connectivity index (χ4v) is 3.97. The highest BCUT2D eigenvalue weighted by Crippen LogP contribution is 2.20. The van der Waals surface area contributed by atoms with Gasteiger partial charge in [-0.1, -0.05) is 24.3 Å². The molecule has 1 aliphatic rings. The minimum Gasteiger partial charge on any atom is -0.478 e. The summed E-state index contributed by atoms with van der Waals surface area (Å²) in [6.07, 6.45) is 0. The van der Waals surface area contributed by atoms with Gasteiger partial charge >= 0.3 is 5.97 Å². The number of carbonyl (C=O) groups is 1. The summed E-state index contributed by atoms with van der Waals surface area (Å²) >= 11 is 2.03. The molecule has 0 amide bonds. The molecule has 4 nitrogen and oxygen atoms in total. The Hall–Kier alpha value is -1.98. The van der Waals surface area contributed by atoms with Crippen LogP contribution in [0.25, 0.3) is 0 Å². The van der Waals surface area contributed by atoms with E-state index in [1.54, 1.807) is 18.2 Å². The second kappa shape index (κ2) is 8.41. The zero-order valence-electron chi connectivity index (χ0n) is 14.5. The maximum absolute atomic E-state index is 11.1. The van der Waals surface area contributed by atoms with Gasteiger partial charge in [0.2, 0.25) is 0 Å². The van der Waals surface area contributed by atoms with Crippen molar-refractivity contribution in [3.63, 3.8) is 0 Å². The normalized spacial score (nSPS) is 15.1. The van der Waals surface area contributed by atoms with Crippen molar-refractivity contribution >= 4 is 23.4 Å². The molecule has 0 radical (unpaired) electrons. The number of carboxylic acid groups (broad SMARTS) is 1. The summed E-state index contributed by atoms with van der Waals surface area (Å²) in [4.78, 5) is 13.6. The number of benzene rings is 2. The highest BCUT2D eigenvalue weighted by atomic mass is 32.2. The van der Waals surface area contributed by atoms with Crippen LogP contribution in [0.15, 0.2) is 42.5 Å². The molecule has 0 atom stereocenters. The van der Waals surface area contributed by atoms with Crippen molar-refractivity contribution in [2.75, 3.05) is 29.9 Å². The monoisotopic (exact) mass is 356 g/mol. The lowest BCUT2D eigenvalue weighted by atomic mass is 10.1. The van der Waals surface area contributed by atoms with Crippen LogP contribution in [0.4, 0.5) is 5.69 Å². The molecule has 0 bridgehead atoms. The van der Waals surface area contributed by atoms with Gasteiger partial charge in [-0.2, -0.15) is 11.8 Å². The minimum atomic E-state index is -0.889. The van der Waals surface area contributed by atoms with Gasteiger partial charge in [0.15, 0.2) is 0 Å². The largest absolute Gasteiger partial charge is 0.478 e. The van der Waals surface area contributed by atoms with E-state index in [4.69, 9.17) is 5.11 Å².